The van der Waals surface area contributed by atoms with E-state index >= 15 is 0 Å². The van der Waals surface area contributed by atoms with Gasteiger partial charge in [0.1, 0.15) is 5.52 Å². The minimum absolute atomic E-state index is 0.0223. The zero-order chi connectivity index (χ0) is 22.0. The van der Waals surface area contributed by atoms with Crippen molar-refractivity contribution in [2.24, 2.45) is 5.14 Å². The Kier molecular flexibility index (Phi) is 5.72. The number of benzene rings is 2. The van der Waals surface area contributed by atoms with Crippen molar-refractivity contribution in [3.8, 4) is 0 Å². The number of carbonyl (C=O) groups excluding carboxylic acids is 1. The van der Waals surface area contributed by atoms with E-state index in [1.54, 1.807) is 12.1 Å². The van der Waals surface area contributed by atoms with Crippen LogP contribution in [0.2, 0.25) is 0 Å². The Hall–Kier alpha value is -3.28. The Labute approximate surface area is 182 Å². The standard InChI is InChI=1S/C20H18N6O3S2/c1-2-10-26-16-9-4-3-8-15(16)18-19(26)23-20(25-24-18)30-12-17(27)22-13-6-5-7-14(11-13)31(21,28)29/h2-9,11H,1,10,12H2,(H,22,27)(H2,21,28,29). The molecule has 0 aliphatic rings. The highest BCUT2D eigenvalue weighted by atomic mass is 32.2. The molecule has 2 heterocycles. The molecule has 0 saturated heterocycles. The number of fused-ring (bicyclic) bond motifs is 3. The van der Waals surface area contributed by atoms with Crippen LogP contribution in [0, 0.1) is 0 Å². The SMILES string of the molecule is C=CCn1c2ccccc2c2nnc(SCC(=O)Nc3cccc(S(N)(=O)=O)c3)nc21. The van der Waals surface area contributed by atoms with Gasteiger partial charge in [-0.1, -0.05) is 42.1 Å². The maximum Gasteiger partial charge on any atom is 0.238 e. The van der Waals surface area contributed by atoms with E-state index in [1.807, 2.05) is 28.8 Å². The summed E-state index contributed by atoms with van der Waals surface area (Å²) in [6.45, 7) is 4.37. The Morgan fingerprint density at radius 1 is 1.19 bits per heavy atom. The quantitative estimate of drug-likeness (QED) is 0.324. The number of allylic oxidation sites excluding steroid dienone is 1. The van der Waals surface area contributed by atoms with Gasteiger partial charge in [0, 0.05) is 17.6 Å². The lowest BCUT2D eigenvalue weighted by molar-refractivity contribution is -0.113. The first-order valence-corrected chi connectivity index (χ1v) is 11.7. The molecule has 0 bridgehead atoms. The molecule has 9 nitrogen and oxygen atoms in total. The van der Waals surface area contributed by atoms with Gasteiger partial charge in [-0.2, -0.15) is 0 Å². The van der Waals surface area contributed by atoms with Crippen LogP contribution in [0.15, 0.2) is 71.2 Å². The number of anilines is 1. The maximum absolute atomic E-state index is 12.3. The van der Waals surface area contributed by atoms with Crippen LogP contribution in [0.3, 0.4) is 0 Å². The van der Waals surface area contributed by atoms with Gasteiger partial charge in [-0.05, 0) is 24.3 Å². The molecule has 0 aliphatic carbocycles. The fraction of sp³-hybridized carbons (Fsp3) is 0.100. The summed E-state index contributed by atoms with van der Waals surface area (Å²) in [7, 11) is -3.85. The number of nitrogens with one attached hydrogen (secondary N) is 1. The summed E-state index contributed by atoms with van der Waals surface area (Å²) in [5.41, 5.74) is 2.66. The second-order valence-corrected chi connectivity index (χ2v) is 9.10. The van der Waals surface area contributed by atoms with Crippen molar-refractivity contribution >= 4 is 55.4 Å². The molecule has 4 aromatic rings. The van der Waals surface area contributed by atoms with Crippen LogP contribution in [0.1, 0.15) is 0 Å². The van der Waals surface area contributed by atoms with Gasteiger partial charge in [0.25, 0.3) is 0 Å². The number of hydrogen-bond donors (Lipinski definition) is 2. The average molecular weight is 455 g/mol. The van der Waals surface area contributed by atoms with E-state index in [0.717, 1.165) is 22.7 Å². The van der Waals surface area contributed by atoms with Crippen LogP contribution in [0.5, 0.6) is 0 Å². The summed E-state index contributed by atoms with van der Waals surface area (Å²) in [6, 6.07) is 13.6. The lowest BCUT2D eigenvalue weighted by Crippen LogP contribution is -2.16. The minimum Gasteiger partial charge on any atom is -0.325 e. The summed E-state index contributed by atoms with van der Waals surface area (Å²) in [5.74, 6) is -0.319. The highest BCUT2D eigenvalue weighted by Crippen LogP contribution is 2.27. The molecule has 2 aromatic carbocycles. The lowest BCUT2D eigenvalue weighted by Gasteiger charge is -2.06. The molecule has 0 unspecified atom stereocenters. The smallest absolute Gasteiger partial charge is 0.238 e. The third kappa shape index (κ3) is 4.43. The second kappa shape index (κ2) is 8.46. The normalized spacial score (nSPS) is 11.6. The van der Waals surface area contributed by atoms with Crippen molar-refractivity contribution < 1.29 is 13.2 Å². The number of nitrogens with two attached hydrogens (primary N) is 1. The van der Waals surface area contributed by atoms with Gasteiger partial charge in [0.2, 0.25) is 21.1 Å². The van der Waals surface area contributed by atoms with Gasteiger partial charge in [-0.3, -0.25) is 4.79 Å². The minimum atomic E-state index is -3.85. The number of primary sulfonamides is 1. The zero-order valence-electron chi connectivity index (χ0n) is 16.2. The number of para-hydroxylation sites is 1. The van der Waals surface area contributed by atoms with Crippen molar-refractivity contribution in [3.05, 3.63) is 61.2 Å². The molecular formula is C20H18N6O3S2. The molecular weight excluding hydrogens is 436 g/mol. The average Bonchev–Trinajstić information content (AvgIpc) is 3.05. The molecule has 0 aliphatic heterocycles. The molecule has 31 heavy (non-hydrogen) atoms. The highest BCUT2D eigenvalue weighted by Gasteiger charge is 2.15. The summed E-state index contributed by atoms with van der Waals surface area (Å²) >= 11 is 1.13. The van der Waals surface area contributed by atoms with Crippen LogP contribution < -0.4 is 10.5 Å². The van der Waals surface area contributed by atoms with Crippen LogP contribution in [0.4, 0.5) is 5.69 Å². The Balaban J connectivity index is 1.53. The number of sulfonamides is 1. The molecule has 11 heteroatoms. The molecule has 0 fully saturated rings. The van der Waals surface area contributed by atoms with E-state index in [4.69, 9.17) is 5.14 Å². The van der Waals surface area contributed by atoms with Crippen LogP contribution in [-0.2, 0) is 21.4 Å². The number of hydrogen-bond acceptors (Lipinski definition) is 7. The summed E-state index contributed by atoms with van der Waals surface area (Å²) in [6.07, 6.45) is 1.78. The Morgan fingerprint density at radius 3 is 2.77 bits per heavy atom. The van der Waals surface area contributed by atoms with Gasteiger partial charge >= 0.3 is 0 Å². The van der Waals surface area contributed by atoms with Crippen molar-refractivity contribution in [1.29, 1.82) is 0 Å². The van der Waals surface area contributed by atoms with E-state index in [2.05, 4.69) is 27.1 Å². The van der Waals surface area contributed by atoms with E-state index < -0.39 is 10.0 Å². The zero-order valence-corrected chi connectivity index (χ0v) is 17.9. The maximum atomic E-state index is 12.3. The van der Waals surface area contributed by atoms with Crippen LogP contribution in [0.25, 0.3) is 22.1 Å². The fourth-order valence-electron chi connectivity index (χ4n) is 3.14. The first-order chi connectivity index (χ1) is 14.9. The number of carbonyl (C=O) groups is 1. The predicted octanol–water partition coefficient (Wildman–Crippen LogP) is 2.54. The topological polar surface area (TPSA) is 133 Å². The van der Waals surface area contributed by atoms with Gasteiger partial charge in [0.15, 0.2) is 5.65 Å². The monoisotopic (exact) mass is 454 g/mol. The number of nitrogens with zero attached hydrogens (tertiary/aromatic N) is 4. The lowest BCUT2D eigenvalue weighted by atomic mass is 10.2. The Bertz CT molecular complexity index is 1420. The molecule has 1 amide bonds. The van der Waals surface area contributed by atoms with E-state index in [1.165, 1.54) is 18.2 Å². The summed E-state index contributed by atoms with van der Waals surface area (Å²) in [5, 5.41) is 17.5. The molecule has 4 rings (SSSR count). The number of thioether (sulfide) groups is 1. The molecule has 0 saturated carbocycles. The van der Waals surface area contributed by atoms with Gasteiger partial charge < -0.3 is 9.88 Å². The van der Waals surface area contributed by atoms with Crippen molar-refractivity contribution in [2.75, 3.05) is 11.1 Å². The molecule has 0 atom stereocenters. The van der Waals surface area contributed by atoms with Crippen molar-refractivity contribution in [1.82, 2.24) is 19.7 Å². The molecule has 3 N–H and O–H groups in total. The molecule has 0 radical (unpaired) electrons. The fourth-order valence-corrected chi connectivity index (χ4v) is 4.28. The van der Waals surface area contributed by atoms with Gasteiger partial charge in [-0.15, -0.1) is 16.8 Å². The van der Waals surface area contributed by atoms with Crippen molar-refractivity contribution in [2.45, 2.75) is 16.6 Å². The third-order valence-electron chi connectivity index (χ3n) is 4.44. The number of rotatable bonds is 7. The number of aromatic nitrogens is 4. The third-order valence-corrected chi connectivity index (χ3v) is 6.19. The van der Waals surface area contributed by atoms with Gasteiger partial charge in [0.05, 0.1) is 16.2 Å². The van der Waals surface area contributed by atoms with Gasteiger partial charge in [-0.25, -0.2) is 18.5 Å². The highest BCUT2D eigenvalue weighted by molar-refractivity contribution is 7.99. The predicted molar refractivity (Wildman–Crippen MR) is 120 cm³/mol. The van der Waals surface area contributed by atoms with Crippen LogP contribution >= 0.6 is 11.8 Å². The second-order valence-electron chi connectivity index (χ2n) is 6.59. The summed E-state index contributed by atoms with van der Waals surface area (Å²) in [4.78, 5) is 16.8. The first kappa shape index (κ1) is 21.0. The molecule has 2 aromatic heterocycles. The summed E-state index contributed by atoms with van der Waals surface area (Å²) < 4.78 is 24.9. The van der Waals surface area contributed by atoms with E-state index in [0.29, 0.717) is 28.6 Å². The molecule has 158 valence electrons. The first-order valence-electron chi connectivity index (χ1n) is 9.15. The van der Waals surface area contributed by atoms with E-state index in [-0.39, 0.29) is 16.6 Å². The van der Waals surface area contributed by atoms with Crippen LogP contribution in [-0.4, -0.2) is 39.8 Å². The Morgan fingerprint density at radius 2 is 2.00 bits per heavy atom. The molecule has 0 spiro atoms. The number of amides is 1. The largest absolute Gasteiger partial charge is 0.325 e. The van der Waals surface area contributed by atoms with E-state index in [9.17, 15) is 13.2 Å². The van der Waals surface area contributed by atoms with Crippen molar-refractivity contribution in [3.63, 3.8) is 0 Å².